The predicted octanol–water partition coefficient (Wildman–Crippen LogP) is 2.12. The first-order valence-corrected chi connectivity index (χ1v) is 5.73. The van der Waals surface area contributed by atoms with Crippen molar-refractivity contribution in [2.24, 2.45) is 0 Å². The van der Waals surface area contributed by atoms with Crippen LogP contribution < -0.4 is 4.74 Å². The highest BCUT2D eigenvalue weighted by atomic mass is 32.2. The van der Waals surface area contributed by atoms with E-state index >= 15 is 0 Å². The van der Waals surface area contributed by atoms with Crippen LogP contribution in [-0.2, 0) is 9.73 Å². The summed E-state index contributed by atoms with van der Waals surface area (Å²) in [7, 11) is -1.06. The van der Waals surface area contributed by atoms with Gasteiger partial charge in [0, 0.05) is 5.75 Å². The maximum Gasteiger partial charge on any atom is 0.120 e. The number of methoxy groups -OCH3 is 1. The van der Waals surface area contributed by atoms with Gasteiger partial charge in [0.25, 0.3) is 0 Å². The van der Waals surface area contributed by atoms with Gasteiger partial charge in [0.2, 0.25) is 0 Å². The molecule has 13 heavy (non-hydrogen) atoms. The molecule has 0 bridgehead atoms. The summed E-state index contributed by atoms with van der Waals surface area (Å²) >= 11 is 0. The molecule has 72 valence electrons. The van der Waals surface area contributed by atoms with E-state index in [4.69, 9.17) is 9.52 Å². The summed E-state index contributed by atoms with van der Waals surface area (Å²) in [5.74, 6) is 0.978. The van der Waals surface area contributed by atoms with Crippen molar-refractivity contribution in [1.82, 2.24) is 0 Å². The first kappa shape index (κ1) is 10.1. The Balaban J connectivity index is 3.17. The van der Waals surface area contributed by atoms with Crippen LogP contribution in [0.4, 0.5) is 0 Å². The van der Waals surface area contributed by atoms with Crippen molar-refractivity contribution in [2.75, 3.05) is 12.9 Å². The van der Waals surface area contributed by atoms with Crippen molar-refractivity contribution >= 4 is 9.73 Å². The van der Waals surface area contributed by atoms with Gasteiger partial charge in [-0.05, 0) is 18.2 Å². The normalized spacial score (nSPS) is 14.9. The Bertz CT molecular complexity index is 384. The topological polar surface area (TPSA) is 50.2 Å². The van der Waals surface area contributed by atoms with Crippen LogP contribution >= 0.6 is 0 Å². The van der Waals surface area contributed by atoms with Crippen molar-refractivity contribution in [2.45, 2.75) is 11.8 Å². The minimum Gasteiger partial charge on any atom is -0.497 e. The van der Waals surface area contributed by atoms with E-state index in [1.54, 1.807) is 38.3 Å². The van der Waals surface area contributed by atoms with Crippen LogP contribution in [0, 0.1) is 4.78 Å². The highest BCUT2D eigenvalue weighted by molar-refractivity contribution is 7.92. The number of rotatable bonds is 3. The van der Waals surface area contributed by atoms with Crippen LogP contribution in [-0.4, -0.2) is 17.1 Å². The molecule has 3 nitrogen and oxygen atoms in total. The third-order valence-corrected chi connectivity index (χ3v) is 3.66. The number of hydrogen-bond acceptors (Lipinski definition) is 3. The maximum atomic E-state index is 11.6. The standard InChI is InChI=1S/C9H13NO2S/c1-3-13(10,11)9-6-4-5-8(7-9)12-2/h4-7,10H,3H2,1-2H3/t13-/m0/s1. The van der Waals surface area contributed by atoms with Crippen molar-refractivity contribution in [3.8, 4) is 5.75 Å². The first-order valence-electron chi connectivity index (χ1n) is 4.00. The lowest BCUT2D eigenvalue weighted by molar-refractivity contribution is 0.413. The number of nitrogens with one attached hydrogen (secondary N) is 1. The van der Waals surface area contributed by atoms with E-state index in [2.05, 4.69) is 0 Å². The van der Waals surface area contributed by atoms with Gasteiger partial charge in [0.1, 0.15) is 5.75 Å². The molecule has 0 aliphatic carbocycles. The number of ether oxygens (including phenoxy) is 1. The van der Waals surface area contributed by atoms with Crippen LogP contribution in [0.2, 0.25) is 0 Å². The summed E-state index contributed by atoms with van der Waals surface area (Å²) in [5, 5.41) is 0. The Morgan fingerprint density at radius 3 is 2.77 bits per heavy atom. The van der Waals surface area contributed by atoms with Gasteiger partial charge in [-0.2, -0.15) is 0 Å². The summed E-state index contributed by atoms with van der Waals surface area (Å²) in [6.07, 6.45) is 0. The maximum absolute atomic E-state index is 11.6. The molecular weight excluding hydrogens is 186 g/mol. The highest BCUT2D eigenvalue weighted by Gasteiger charge is 2.07. The summed E-state index contributed by atoms with van der Waals surface area (Å²) in [5.41, 5.74) is 0. The molecule has 1 N–H and O–H groups in total. The molecule has 1 atom stereocenters. The summed E-state index contributed by atoms with van der Waals surface area (Å²) in [6.45, 7) is 1.74. The van der Waals surface area contributed by atoms with Gasteiger partial charge in [0.15, 0.2) is 0 Å². The zero-order valence-corrected chi connectivity index (χ0v) is 8.56. The molecule has 0 spiro atoms. The Morgan fingerprint density at radius 1 is 1.54 bits per heavy atom. The molecular formula is C9H13NO2S. The molecule has 0 unspecified atom stereocenters. The van der Waals surface area contributed by atoms with E-state index in [0.29, 0.717) is 16.4 Å². The Morgan fingerprint density at radius 2 is 2.23 bits per heavy atom. The summed E-state index contributed by atoms with van der Waals surface area (Å²) < 4.78 is 24.2. The SMILES string of the molecule is CC[S@](=N)(=O)c1cccc(OC)c1. The molecule has 1 rings (SSSR count). The second kappa shape index (κ2) is 3.79. The molecule has 0 aliphatic rings. The smallest absolute Gasteiger partial charge is 0.120 e. The monoisotopic (exact) mass is 199 g/mol. The fraction of sp³-hybridized carbons (Fsp3) is 0.333. The molecule has 0 fully saturated rings. The second-order valence-electron chi connectivity index (χ2n) is 2.64. The molecule has 4 heteroatoms. The number of benzene rings is 1. The summed E-state index contributed by atoms with van der Waals surface area (Å²) in [6, 6.07) is 6.87. The molecule has 1 aromatic carbocycles. The molecule has 0 aromatic heterocycles. The van der Waals surface area contributed by atoms with Gasteiger partial charge in [-0.1, -0.05) is 13.0 Å². The molecule has 0 radical (unpaired) electrons. The minimum absolute atomic E-state index is 0.333. The fourth-order valence-electron chi connectivity index (χ4n) is 0.973. The lowest BCUT2D eigenvalue weighted by atomic mass is 10.3. The highest BCUT2D eigenvalue weighted by Crippen LogP contribution is 2.18. The van der Waals surface area contributed by atoms with E-state index in [-0.39, 0.29) is 0 Å². The van der Waals surface area contributed by atoms with Crippen molar-refractivity contribution in [3.63, 3.8) is 0 Å². The quantitative estimate of drug-likeness (QED) is 0.810. The molecule has 0 saturated carbocycles. The lowest BCUT2D eigenvalue weighted by Gasteiger charge is -2.05. The van der Waals surface area contributed by atoms with Crippen LogP contribution in [0.25, 0.3) is 0 Å². The minimum atomic E-state index is -2.61. The third-order valence-electron chi connectivity index (χ3n) is 1.83. The average molecular weight is 199 g/mol. The Hall–Kier alpha value is -1.03. The lowest BCUT2D eigenvalue weighted by Crippen LogP contribution is -2.01. The van der Waals surface area contributed by atoms with E-state index in [1.165, 1.54) is 0 Å². The van der Waals surface area contributed by atoms with Crippen molar-refractivity contribution < 1.29 is 8.95 Å². The van der Waals surface area contributed by atoms with Crippen LogP contribution in [0.5, 0.6) is 5.75 Å². The van der Waals surface area contributed by atoms with Gasteiger partial charge in [-0.3, -0.25) is 0 Å². The van der Waals surface area contributed by atoms with Crippen LogP contribution in [0.3, 0.4) is 0 Å². The summed E-state index contributed by atoms with van der Waals surface area (Å²) in [4.78, 5) is 0.536. The van der Waals surface area contributed by atoms with Crippen LogP contribution in [0.15, 0.2) is 29.2 Å². The van der Waals surface area contributed by atoms with Gasteiger partial charge >= 0.3 is 0 Å². The van der Waals surface area contributed by atoms with E-state index < -0.39 is 9.73 Å². The van der Waals surface area contributed by atoms with E-state index in [1.807, 2.05) is 0 Å². The second-order valence-corrected chi connectivity index (χ2v) is 5.04. The van der Waals surface area contributed by atoms with Gasteiger partial charge < -0.3 is 4.74 Å². The molecule has 0 saturated heterocycles. The van der Waals surface area contributed by atoms with E-state index in [0.717, 1.165) is 0 Å². The van der Waals surface area contributed by atoms with Gasteiger partial charge in [0.05, 0.1) is 21.7 Å². The van der Waals surface area contributed by atoms with Crippen LogP contribution in [0.1, 0.15) is 6.92 Å². The van der Waals surface area contributed by atoms with Crippen molar-refractivity contribution in [3.05, 3.63) is 24.3 Å². The van der Waals surface area contributed by atoms with Gasteiger partial charge in [-0.15, -0.1) is 0 Å². The predicted molar refractivity (Wildman–Crippen MR) is 52.7 cm³/mol. The zero-order chi connectivity index (χ0) is 9.90. The molecule has 0 heterocycles. The van der Waals surface area contributed by atoms with E-state index in [9.17, 15) is 4.21 Å². The Kier molecular flexibility index (Phi) is 2.93. The average Bonchev–Trinajstić information content (AvgIpc) is 2.18. The molecule has 0 aliphatic heterocycles. The first-order chi connectivity index (χ1) is 6.10. The fourth-order valence-corrected chi connectivity index (χ4v) is 1.91. The van der Waals surface area contributed by atoms with Crippen molar-refractivity contribution in [1.29, 1.82) is 4.78 Å². The largest absolute Gasteiger partial charge is 0.497 e. The molecule has 0 amide bonds. The molecule has 1 aromatic rings. The number of hydrogen-bond donors (Lipinski definition) is 1. The third kappa shape index (κ3) is 2.21. The zero-order valence-electron chi connectivity index (χ0n) is 7.74. The van der Waals surface area contributed by atoms with Gasteiger partial charge in [-0.25, -0.2) is 8.99 Å². The Labute approximate surface area is 78.7 Å².